The van der Waals surface area contributed by atoms with E-state index in [1.165, 1.54) is 0 Å². The van der Waals surface area contributed by atoms with E-state index in [9.17, 15) is 4.79 Å². The Kier molecular flexibility index (Phi) is 6.55. The SMILES string of the molecule is C=C/C=C\C=C/C/C=C/C(=O)O. The van der Waals surface area contributed by atoms with Crippen molar-refractivity contribution < 1.29 is 9.90 Å². The first-order valence-corrected chi connectivity index (χ1v) is 3.61. The van der Waals surface area contributed by atoms with Crippen molar-refractivity contribution in [1.29, 1.82) is 0 Å². The smallest absolute Gasteiger partial charge is 0.327 e. The molecule has 0 heterocycles. The van der Waals surface area contributed by atoms with Crippen molar-refractivity contribution in [3.63, 3.8) is 0 Å². The first kappa shape index (κ1) is 10.4. The van der Waals surface area contributed by atoms with Crippen molar-refractivity contribution in [1.82, 2.24) is 0 Å². The zero-order valence-electron chi connectivity index (χ0n) is 6.81. The fourth-order valence-corrected chi connectivity index (χ4v) is 0.547. The molecule has 0 spiro atoms. The van der Waals surface area contributed by atoms with E-state index in [0.717, 1.165) is 6.08 Å². The topological polar surface area (TPSA) is 37.3 Å². The molecule has 1 N–H and O–H groups in total. The first-order chi connectivity index (χ1) is 5.77. The number of carboxylic acids is 1. The lowest BCUT2D eigenvalue weighted by Crippen LogP contribution is -1.84. The number of rotatable bonds is 5. The number of carbonyl (C=O) groups is 1. The maximum atomic E-state index is 10.00. The lowest BCUT2D eigenvalue weighted by atomic mass is 10.3. The van der Waals surface area contributed by atoms with Crippen molar-refractivity contribution in [2.24, 2.45) is 0 Å². The Morgan fingerprint density at radius 1 is 1.25 bits per heavy atom. The van der Waals surface area contributed by atoms with Crippen LogP contribution in [0.3, 0.4) is 0 Å². The summed E-state index contributed by atoms with van der Waals surface area (Å²) in [5.74, 6) is -0.912. The number of aliphatic carboxylic acids is 1. The summed E-state index contributed by atoms with van der Waals surface area (Å²) in [7, 11) is 0. The van der Waals surface area contributed by atoms with Gasteiger partial charge in [0, 0.05) is 6.08 Å². The van der Waals surface area contributed by atoms with E-state index in [2.05, 4.69) is 6.58 Å². The lowest BCUT2D eigenvalue weighted by Gasteiger charge is -1.78. The van der Waals surface area contributed by atoms with Crippen LogP contribution in [0.25, 0.3) is 0 Å². The van der Waals surface area contributed by atoms with Crippen LogP contribution in [0.15, 0.2) is 49.1 Å². The average molecular weight is 164 g/mol. The van der Waals surface area contributed by atoms with Gasteiger partial charge >= 0.3 is 5.97 Å². The van der Waals surface area contributed by atoms with Gasteiger partial charge in [0.15, 0.2) is 0 Å². The summed E-state index contributed by atoms with van der Waals surface area (Å²) in [6, 6.07) is 0. The van der Waals surface area contributed by atoms with Crippen LogP contribution in [0.5, 0.6) is 0 Å². The Labute approximate surface area is 72.2 Å². The van der Waals surface area contributed by atoms with Crippen LogP contribution >= 0.6 is 0 Å². The molecule has 0 radical (unpaired) electrons. The van der Waals surface area contributed by atoms with Gasteiger partial charge in [-0.1, -0.05) is 43.0 Å². The van der Waals surface area contributed by atoms with Gasteiger partial charge in [-0.2, -0.15) is 0 Å². The van der Waals surface area contributed by atoms with Gasteiger partial charge in [-0.05, 0) is 6.42 Å². The van der Waals surface area contributed by atoms with Gasteiger partial charge in [-0.3, -0.25) is 0 Å². The average Bonchev–Trinajstić information content (AvgIpc) is 2.02. The molecule has 0 atom stereocenters. The molecule has 64 valence electrons. The standard InChI is InChI=1S/C10H12O2/c1-2-3-4-5-6-7-8-9-10(11)12/h2-6,8-9H,1,7H2,(H,11,12)/b4-3-,6-5-,9-8+. The molecule has 0 unspecified atom stereocenters. The molecule has 2 nitrogen and oxygen atoms in total. The van der Waals surface area contributed by atoms with Gasteiger partial charge in [0.1, 0.15) is 0 Å². The van der Waals surface area contributed by atoms with Gasteiger partial charge in [0.2, 0.25) is 0 Å². The third-order valence-electron chi connectivity index (χ3n) is 1.03. The summed E-state index contributed by atoms with van der Waals surface area (Å²) in [4.78, 5) is 10.00. The van der Waals surface area contributed by atoms with Crippen LogP contribution < -0.4 is 0 Å². The van der Waals surface area contributed by atoms with Crippen LogP contribution in [0.1, 0.15) is 6.42 Å². The molecule has 0 aromatic rings. The molecule has 0 aromatic carbocycles. The molecule has 0 aliphatic carbocycles. The first-order valence-electron chi connectivity index (χ1n) is 3.61. The van der Waals surface area contributed by atoms with Crippen LogP contribution in [-0.4, -0.2) is 11.1 Å². The molecule has 0 aliphatic rings. The maximum Gasteiger partial charge on any atom is 0.327 e. The highest BCUT2D eigenvalue weighted by atomic mass is 16.4. The highest BCUT2D eigenvalue weighted by Gasteiger charge is 1.80. The van der Waals surface area contributed by atoms with E-state index < -0.39 is 5.97 Å². The minimum atomic E-state index is -0.912. The molecule has 12 heavy (non-hydrogen) atoms. The summed E-state index contributed by atoms with van der Waals surface area (Å²) in [5.41, 5.74) is 0. The Morgan fingerprint density at radius 2 is 2.00 bits per heavy atom. The number of carboxylic acid groups (broad SMARTS) is 1. The summed E-state index contributed by atoms with van der Waals surface area (Å²) in [6.45, 7) is 3.51. The van der Waals surface area contributed by atoms with Crippen LogP contribution in [0.4, 0.5) is 0 Å². The molecule has 0 fully saturated rings. The predicted octanol–water partition coefficient (Wildman–Crippen LogP) is 2.32. The number of hydrogen-bond acceptors (Lipinski definition) is 1. The fourth-order valence-electron chi connectivity index (χ4n) is 0.547. The largest absolute Gasteiger partial charge is 0.478 e. The molecular formula is C10H12O2. The molecular weight excluding hydrogens is 152 g/mol. The summed E-state index contributed by atoms with van der Waals surface area (Å²) in [5, 5.41) is 8.22. The third-order valence-corrected chi connectivity index (χ3v) is 1.03. The van der Waals surface area contributed by atoms with E-state index in [0.29, 0.717) is 6.42 Å². The van der Waals surface area contributed by atoms with Crippen molar-refractivity contribution in [3.8, 4) is 0 Å². The highest BCUT2D eigenvalue weighted by Crippen LogP contribution is 1.87. The minimum absolute atomic E-state index is 0.633. The number of allylic oxidation sites excluding steroid dienone is 6. The molecule has 2 heteroatoms. The van der Waals surface area contributed by atoms with Crippen molar-refractivity contribution in [3.05, 3.63) is 49.1 Å². The quantitative estimate of drug-likeness (QED) is 0.500. The van der Waals surface area contributed by atoms with Gasteiger partial charge in [0.25, 0.3) is 0 Å². The third kappa shape index (κ3) is 8.43. The summed E-state index contributed by atoms with van der Waals surface area (Å²) < 4.78 is 0. The lowest BCUT2D eigenvalue weighted by molar-refractivity contribution is -0.131. The zero-order chi connectivity index (χ0) is 9.23. The second kappa shape index (κ2) is 7.54. The molecule has 0 rings (SSSR count). The fraction of sp³-hybridized carbons (Fsp3) is 0.100. The van der Waals surface area contributed by atoms with E-state index in [1.807, 2.05) is 18.2 Å². The van der Waals surface area contributed by atoms with Crippen LogP contribution in [0, 0.1) is 0 Å². The van der Waals surface area contributed by atoms with Gasteiger partial charge < -0.3 is 5.11 Å². The summed E-state index contributed by atoms with van der Waals surface area (Å²) in [6.07, 6.45) is 12.4. The predicted molar refractivity (Wildman–Crippen MR) is 49.9 cm³/mol. The van der Waals surface area contributed by atoms with Crippen molar-refractivity contribution in [2.45, 2.75) is 6.42 Å². The van der Waals surface area contributed by atoms with E-state index in [-0.39, 0.29) is 0 Å². The monoisotopic (exact) mass is 164 g/mol. The molecule has 0 saturated carbocycles. The minimum Gasteiger partial charge on any atom is -0.478 e. The van der Waals surface area contributed by atoms with Gasteiger partial charge in [-0.25, -0.2) is 4.79 Å². The molecule has 0 aromatic heterocycles. The Morgan fingerprint density at radius 3 is 2.58 bits per heavy atom. The highest BCUT2D eigenvalue weighted by molar-refractivity contribution is 5.79. The van der Waals surface area contributed by atoms with Crippen LogP contribution in [0.2, 0.25) is 0 Å². The molecule has 0 bridgehead atoms. The Hall–Kier alpha value is -1.57. The maximum absolute atomic E-state index is 10.00. The molecule has 0 saturated heterocycles. The molecule has 0 aliphatic heterocycles. The van der Waals surface area contributed by atoms with E-state index in [4.69, 9.17) is 5.11 Å². The normalized spacial score (nSPS) is 11.7. The zero-order valence-corrected chi connectivity index (χ0v) is 6.81. The molecule has 0 amide bonds. The van der Waals surface area contributed by atoms with Crippen LogP contribution in [-0.2, 0) is 4.79 Å². The Balaban J connectivity index is 3.55. The second-order valence-corrected chi connectivity index (χ2v) is 2.03. The second-order valence-electron chi connectivity index (χ2n) is 2.03. The van der Waals surface area contributed by atoms with Gasteiger partial charge in [-0.15, -0.1) is 0 Å². The Bertz CT molecular complexity index is 222. The van der Waals surface area contributed by atoms with Gasteiger partial charge in [0.05, 0.1) is 0 Å². The van der Waals surface area contributed by atoms with E-state index >= 15 is 0 Å². The summed E-state index contributed by atoms with van der Waals surface area (Å²) >= 11 is 0. The van der Waals surface area contributed by atoms with Crippen molar-refractivity contribution in [2.75, 3.05) is 0 Å². The van der Waals surface area contributed by atoms with Crippen molar-refractivity contribution >= 4 is 5.97 Å². The number of hydrogen-bond donors (Lipinski definition) is 1. The van der Waals surface area contributed by atoms with E-state index in [1.54, 1.807) is 18.2 Å².